The monoisotopic (exact) mass is 253 g/mol. The Balaban J connectivity index is 2.66. The predicted molar refractivity (Wildman–Crippen MR) is 79.2 cm³/mol. The largest absolute Gasteiger partial charge is 0.312 e. The SMILES string of the molecule is Cc1cc(C(C)(C)CCNC(C)(C)C)c(C)s1. The maximum Gasteiger partial charge on any atom is 0.00965 e. The smallest absolute Gasteiger partial charge is 0.00965 e. The van der Waals surface area contributed by atoms with Crippen LogP contribution in [0.3, 0.4) is 0 Å². The van der Waals surface area contributed by atoms with Gasteiger partial charge in [-0.2, -0.15) is 0 Å². The highest BCUT2D eigenvalue weighted by Gasteiger charge is 2.24. The molecule has 0 fully saturated rings. The van der Waals surface area contributed by atoms with E-state index < -0.39 is 0 Å². The van der Waals surface area contributed by atoms with E-state index in [0.29, 0.717) is 0 Å². The molecule has 1 rings (SSSR count). The van der Waals surface area contributed by atoms with Gasteiger partial charge in [-0.1, -0.05) is 13.8 Å². The van der Waals surface area contributed by atoms with Crippen LogP contribution in [0, 0.1) is 13.8 Å². The van der Waals surface area contributed by atoms with Crippen LogP contribution in [0.25, 0.3) is 0 Å². The molecule has 1 aromatic rings. The number of nitrogens with one attached hydrogen (secondary N) is 1. The summed E-state index contributed by atoms with van der Waals surface area (Å²) in [5.74, 6) is 0. The summed E-state index contributed by atoms with van der Waals surface area (Å²) < 4.78 is 0. The zero-order valence-electron chi connectivity index (χ0n) is 12.4. The Morgan fingerprint density at radius 1 is 1.12 bits per heavy atom. The van der Waals surface area contributed by atoms with Crippen molar-refractivity contribution < 1.29 is 0 Å². The van der Waals surface area contributed by atoms with Crippen molar-refractivity contribution in [3.63, 3.8) is 0 Å². The molecule has 0 aliphatic carbocycles. The zero-order valence-corrected chi connectivity index (χ0v) is 13.2. The molecular weight excluding hydrogens is 226 g/mol. The summed E-state index contributed by atoms with van der Waals surface area (Å²) in [7, 11) is 0. The zero-order chi connectivity index (χ0) is 13.3. The summed E-state index contributed by atoms with van der Waals surface area (Å²) in [5, 5.41) is 3.58. The molecule has 0 saturated carbocycles. The third-order valence-corrected chi connectivity index (χ3v) is 4.14. The molecule has 0 atom stereocenters. The van der Waals surface area contributed by atoms with Crippen molar-refractivity contribution in [2.45, 2.75) is 65.8 Å². The Morgan fingerprint density at radius 3 is 2.12 bits per heavy atom. The lowest BCUT2D eigenvalue weighted by Gasteiger charge is -2.28. The van der Waals surface area contributed by atoms with E-state index in [1.165, 1.54) is 21.7 Å². The van der Waals surface area contributed by atoms with Crippen molar-refractivity contribution in [1.82, 2.24) is 5.32 Å². The molecule has 1 heterocycles. The number of rotatable bonds is 4. The van der Waals surface area contributed by atoms with Crippen LogP contribution in [0.1, 0.15) is 56.4 Å². The van der Waals surface area contributed by atoms with E-state index in [1.54, 1.807) is 0 Å². The Morgan fingerprint density at radius 2 is 1.71 bits per heavy atom. The highest BCUT2D eigenvalue weighted by Crippen LogP contribution is 2.34. The Labute approximate surface area is 111 Å². The average Bonchev–Trinajstić information content (AvgIpc) is 2.43. The summed E-state index contributed by atoms with van der Waals surface area (Å²) >= 11 is 1.91. The first-order valence-electron chi connectivity index (χ1n) is 6.44. The second kappa shape index (κ2) is 5.11. The highest BCUT2D eigenvalue weighted by atomic mass is 32.1. The van der Waals surface area contributed by atoms with E-state index in [4.69, 9.17) is 0 Å². The van der Waals surface area contributed by atoms with Crippen LogP contribution < -0.4 is 5.32 Å². The fourth-order valence-electron chi connectivity index (χ4n) is 2.19. The maximum absolute atomic E-state index is 3.58. The number of aryl methyl sites for hydroxylation is 2. The summed E-state index contributed by atoms with van der Waals surface area (Å²) in [6.45, 7) is 16.9. The fraction of sp³-hybridized carbons (Fsp3) is 0.733. The van der Waals surface area contributed by atoms with Crippen LogP contribution in [-0.2, 0) is 5.41 Å². The van der Waals surface area contributed by atoms with Gasteiger partial charge in [0.05, 0.1) is 0 Å². The summed E-state index contributed by atoms with van der Waals surface area (Å²) in [4.78, 5) is 2.90. The molecule has 1 aromatic heterocycles. The lowest BCUT2D eigenvalue weighted by Crippen LogP contribution is -2.38. The van der Waals surface area contributed by atoms with Crippen LogP contribution in [0.5, 0.6) is 0 Å². The predicted octanol–water partition coefficient (Wildman–Crippen LogP) is 4.42. The number of thiophene rings is 1. The second-order valence-corrected chi connectivity index (χ2v) is 8.10. The minimum Gasteiger partial charge on any atom is -0.312 e. The van der Waals surface area contributed by atoms with E-state index in [9.17, 15) is 0 Å². The lowest BCUT2D eigenvalue weighted by atomic mass is 9.81. The van der Waals surface area contributed by atoms with Gasteiger partial charge in [-0.25, -0.2) is 0 Å². The van der Waals surface area contributed by atoms with Gasteiger partial charge in [0.25, 0.3) is 0 Å². The summed E-state index contributed by atoms with van der Waals surface area (Å²) in [6, 6.07) is 2.36. The quantitative estimate of drug-likeness (QED) is 0.837. The summed E-state index contributed by atoms with van der Waals surface area (Å²) in [5.41, 5.74) is 2.01. The van der Waals surface area contributed by atoms with E-state index in [2.05, 4.69) is 59.8 Å². The standard InChI is InChI=1S/C15H27NS/c1-11-10-13(12(2)17-11)15(6,7)8-9-16-14(3,4)5/h10,16H,8-9H2,1-7H3. The van der Waals surface area contributed by atoms with Gasteiger partial charge in [-0.05, 0) is 64.6 Å². The molecule has 0 bridgehead atoms. The average molecular weight is 253 g/mol. The molecular formula is C15H27NS. The normalized spacial score (nSPS) is 13.1. The van der Waals surface area contributed by atoms with Crippen LogP contribution in [0.15, 0.2) is 6.07 Å². The maximum atomic E-state index is 3.58. The van der Waals surface area contributed by atoms with Gasteiger partial charge in [0.15, 0.2) is 0 Å². The fourth-order valence-corrected chi connectivity index (χ4v) is 3.29. The Kier molecular flexibility index (Phi) is 4.43. The van der Waals surface area contributed by atoms with Crippen molar-refractivity contribution in [1.29, 1.82) is 0 Å². The molecule has 2 heteroatoms. The third kappa shape index (κ3) is 4.44. The topological polar surface area (TPSA) is 12.0 Å². The van der Waals surface area contributed by atoms with E-state index >= 15 is 0 Å². The molecule has 0 saturated heterocycles. The minimum absolute atomic E-state index is 0.218. The van der Waals surface area contributed by atoms with Crippen LogP contribution in [0.4, 0.5) is 0 Å². The molecule has 0 aliphatic rings. The molecule has 1 nitrogen and oxygen atoms in total. The van der Waals surface area contributed by atoms with E-state index in [1.807, 2.05) is 11.3 Å². The van der Waals surface area contributed by atoms with Crippen LogP contribution in [0.2, 0.25) is 0 Å². The van der Waals surface area contributed by atoms with Crippen LogP contribution in [-0.4, -0.2) is 12.1 Å². The van der Waals surface area contributed by atoms with Crippen molar-refractivity contribution in [3.05, 3.63) is 21.4 Å². The molecule has 17 heavy (non-hydrogen) atoms. The lowest BCUT2D eigenvalue weighted by molar-refractivity contribution is 0.379. The molecule has 0 amide bonds. The Bertz CT molecular complexity index is 369. The van der Waals surface area contributed by atoms with Crippen molar-refractivity contribution in [2.24, 2.45) is 0 Å². The van der Waals surface area contributed by atoms with E-state index in [0.717, 1.165) is 6.54 Å². The number of hydrogen-bond donors (Lipinski definition) is 1. The Hall–Kier alpha value is -0.340. The molecule has 98 valence electrons. The minimum atomic E-state index is 0.218. The van der Waals surface area contributed by atoms with Crippen LogP contribution >= 0.6 is 11.3 Å². The molecule has 1 N–H and O–H groups in total. The van der Waals surface area contributed by atoms with Gasteiger partial charge in [0.1, 0.15) is 0 Å². The van der Waals surface area contributed by atoms with Crippen molar-refractivity contribution in [3.8, 4) is 0 Å². The van der Waals surface area contributed by atoms with Gasteiger partial charge >= 0.3 is 0 Å². The van der Waals surface area contributed by atoms with Gasteiger partial charge in [0, 0.05) is 15.3 Å². The number of hydrogen-bond acceptors (Lipinski definition) is 2. The van der Waals surface area contributed by atoms with Gasteiger partial charge in [0.2, 0.25) is 0 Å². The molecule has 0 radical (unpaired) electrons. The molecule has 0 spiro atoms. The first-order valence-corrected chi connectivity index (χ1v) is 7.26. The first-order chi connectivity index (χ1) is 7.62. The van der Waals surface area contributed by atoms with E-state index in [-0.39, 0.29) is 11.0 Å². The van der Waals surface area contributed by atoms with Crippen molar-refractivity contribution >= 4 is 11.3 Å². The second-order valence-electron chi connectivity index (χ2n) is 6.64. The third-order valence-electron chi connectivity index (χ3n) is 3.18. The van der Waals surface area contributed by atoms with Crippen molar-refractivity contribution in [2.75, 3.05) is 6.54 Å². The first kappa shape index (κ1) is 14.7. The molecule has 0 aliphatic heterocycles. The van der Waals surface area contributed by atoms with Gasteiger partial charge < -0.3 is 5.32 Å². The molecule has 0 unspecified atom stereocenters. The van der Waals surface area contributed by atoms with Gasteiger partial charge in [-0.15, -0.1) is 11.3 Å². The molecule has 0 aromatic carbocycles. The van der Waals surface area contributed by atoms with Gasteiger partial charge in [-0.3, -0.25) is 0 Å². The highest BCUT2D eigenvalue weighted by molar-refractivity contribution is 7.12. The summed E-state index contributed by atoms with van der Waals surface area (Å²) in [6.07, 6.45) is 1.18.